The summed E-state index contributed by atoms with van der Waals surface area (Å²) in [5.41, 5.74) is 0. The van der Waals surface area contributed by atoms with E-state index in [1.807, 2.05) is 0 Å². The van der Waals surface area contributed by atoms with Crippen LogP contribution < -0.4 is 5.32 Å². The Bertz CT molecular complexity index is 309. The standard InChI is InChI=1S/C12H24N2O2S/c15-17(16)10-4-12(5-11-17)13-6-9-14-7-2-1-3-8-14/h12-13H,1-11H2. The fraction of sp³-hybridized carbons (Fsp3) is 1.00. The van der Waals surface area contributed by atoms with E-state index in [2.05, 4.69) is 10.2 Å². The fourth-order valence-corrected chi connectivity index (χ4v) is 4.20. The zero-order valence-electron chi connectivity index (χ0n) is 10.5. The third-order valence-electron chi connectivity index (χ3n) is 3.86. The summed E-state index contributed by atoms with van der Waals surface area (Å²) in [5, 5.41) is 3.50. The van der Waals surface area contributed by atoms with Crippen LogP contribution >= 0.6 is 0 Å². The van der Waals surface area contributed by atoms with Crippen molar-refractivity contribution in [2.45, 2.75) is 38.1 Å². The number of likely N-dealkylation sites (tertiary alicyclic amines) is 1. The molecule has 0 atom stereocenters. The molecule has 2 saturated heterocycles. The first-order valence-corrected chi connectivity index (χ1v) is 8.64. The van der Waals surface area contributed by atoms with E-state index in [1.54, 1.807) is 0 Å². The summed E-state index contributed by atoms with van der Waals surface area (Å²) in [7, 11) is -2.71. The Labute approximate surface area is 105 Å². The number of rotatable bonds is 4. The molecular weight excluding hydrogens is 236 g/mol. The van der Waals surface area contributed by atoms with Crippen molar-refractivity contribution in [2.75, 3.05) is 37.7 Å². The summed E-state index contributed by atoms with van der Waals surface area (Å²) >= 11 is 0. The van der Waals surface area contributed by atoms with E-state index in [1.165, 1.54) is 32.4 Å². The van der Waals surface area contributed by atoms with Crippen molar-refractivity contribution in [3.05, 3.63) is 0 Å². The molecule has 0 aromatic heterocycles. The van der Waals surface area contributed by atoms with E-state index in [4.69, 9.17) is 0 Å². The zero-order chi connectivity index (χ0) is 12.1. The highest BCUT2D eigenvalue weighted by molar-refractivity contribution is 7.91. The average Bonchev–Trinajstić information content (AvgIpc) is 2.33. The maximum absolute atomic E-state index is 11.3. The predicted octanol–water partition coefficient (Wildman–Crippen LogP) is 0.639. The minimum Gasteiger partial charge on any atom is -0.313 e. The summed E-state index contributed by atoms with van der Waals surface area (Å²) in [4.78, 5) is 2.51. The van der Waals surface area contributed by atoms with E-state index < -0.39 is 9.84 Å². The molecule has 2 heterocycles. The molecule has 100 valence electrons. The van der Waals surface area contributed by atoms with Gasteiger partial charge in [0, 0.05) is 19.1 Å². The summed E-state index contributed by atoms with van der Waals surface area (Å²) in [5.74, 6) is 0.739. The van der Waals surface area contributed by atoms with Crippen LogP contribution in [0.3, 0.4) is 0 Å². The highest BCUT2D eigenvalue weighted by atomic mass is 32.2. The quantitative estimate of drug-likeness (QED) is 0.806. The topological polar surface area (TPSA) is 49.4 Å². The zero-order valence-corrected chi connectivity index (χ0v) is 11.3. The third-order valence-corrected chi connectivity index (χ3v) is 5.58. The van der Waals surface area contributed by atoms with Crippen LogP contribution in [0.4, 0.5) is 0 Å². The van der Waals surface area contributed by atoms with Gasteiger partial charge in [0.15, 0.2) is 0 Å². The van der Waals surface area contributed by atoms with Crippen molar-refractivity contribution in [3.63, 3.8) is 0 Å². The molecule has 0 aromatic carbocycles. The molecule has 4 nitrogen and oxygen atoms in total. The second-order valence-electron chi connectivity index (χ2n) is 5.28. The molecule has 5 heteroatoms. The lowest BCUT2D eigenvalue weighted by Gasteiger charge is -2.28. The molecule has 2 rings (SSSR count). The molecule has 0 unspecified atom stereocenters. The first-order valence-electron chi connectivity index (χ1n) is 6.82. The van der Waals surface area contributed by atoms with Gasteiger partial charge in [-0.2, -0.15) is 0 Å². The van der Waals surface area contributed by atoms with Gasteiger partial charge in [0.2, 0.25) is 0 Å². The van der Waals surface area contributed by atoms with Gasteiger partial charge < -0.3 is 10.2 Å². The fourth-order valence-electron chi connectivity index (χ4n) is 2.70. The smallest absolute Gasteiger partial charge is 0.150 e. The Morgan fingerprint density at radius 3 is 2.35 bits per heavy atom. The lowest BCUT2D eigenvalue weighted by atomic mass is 10.1. The lowest BCUT2D eigenvalue weighted by Crippen LogP contribution is -2.42. The summed E-state index contributed by atoms with van der Waals surface area (Å²) in [6.07, 6.45) is 5.64. The molecule has 1 N–H and O–H groups in total. The monoisotopic (exact) mass is 260 g/mol. The SMILES string of the molecule is O=S1(=O)CCC(NCCN2CCCCC2)CC1. The van der Waals surface area contributed by atoms with E-state index in [-0.39, 0.29) is 0 Å². The van der Waals surface area contributed by atoms with Gasteiger partial charge in [-0.25, -0.2) is 8.42 Å². The van der Waals surface area contributed by atoms with Crippen molar-refractivity contribution in [2.24, 2.45) is 0 Å². The maximum Gasteiger partial charge on any atom is 0.150 e. The minimum absolute atomic E-state index is 0.369. The number of hydrogen-bond acceptors (Lipinski definition) is 4. The predicted molar refractivity (Wildman–Crippen MR) is 70.0 cm³/mol. The van der Waals surface area contributed by atoms with E-state index in [0.29, 0.717) is 17.5 Å². The largest absolute Gasteiger partial charge is 0.313 e. The van der Waals surface area contributed by atoms with Crippen LogP contribution in [-0.2, 0) is 9.84 Å². The van der Waals surface area contributed by atoms with Crippen LogP contribution in [0.25, 0.3) is 0 Å². The lowest BCUT2D eigenvalue weighted by molar-refractivity contribution is 0.225. The summed E-state index contributed by atoms with van der Waals surface area (Å²) in [6.45, 7) is 4.59. The molecule has 0 aliphatic carbocycles. The molecule has 2 fully saturated rings. The molecule has 17 heavy (non-hydrogen) atoms. The Hall–Kier alpha value is -0.130. The highest BCUT2D eigenvalue weighted by Crippen LogP contribution is 2.12. The molecule has 0 spiro atoms. The van der Waals surface area contributed by atoms with Gasteiger partial charge in [0.05, 0.1) is 11.5 Å². The van der Waals surface area contributed by atoms with Crippen LogP contribution in [0.5, 0.6) is 0 Å². The van der Waals surface area contributed by atoms with Gasteiger partial charge in [-0.3, -0.25) is 0 Å². The van der Waals surface area contributed by atoms with Gasteiger partial charge in [-0.05, 0) is 38.8 Å². The van der Waals surface area contributed by atoms with Crippen molar-refractivity contribution in [1.29, 1.82) is 0 Å². The second-order valence-corrected chi connectivity index (χ2v) is 7.59. The summed E-state index contributed by atoms with van der Waals surface area (Å²) in [6, 6.07) is 0.420. The molecule has 2 aliphatic rings. The number of piperidine rings is 1. The van der Waals surface area contributed by atoms with E-state index >= 15 is 0 Å². The van der Waals surface area contributed by atoms with Crippen LogP contribution in [-0.4, -0.2) is 57.0 Å². The Morgan fingerprint density at radius 1 is 1.06 bits per heavy atom. The van der Waals surface area contributed by atoms with Crippen molar-refractivity contribution in [1.82, 2.24) is 10.2 Å². The number of nitrogens with one attached hydrogen (secondary N) is 1. The van der Waals surface area contributed by atoms with Gasteiger partial charge in [-0.1, -0.05) is 6.42 Å². The number of hydrogen-bond donors (Lipinski definition) is 1. The van der Waals surface area contributed by atoms with Crippen LogP contribution in [0.1, 0.15) is 32.1 Å². The first kappa shape index (κ1) is 13.3. The van der Waals surface area contributed by atoms with Gasteiger partial charge >= 0.3 is 0 Å². The molecule has 0 saturated carbocycles. The molecule has 0 amide bonds. The minimum atomic E-state index is -2.71. The third kappa shape index (κ3) is 4.56. The van der Waals surface area contributed by atoms with Crippen molar-refractivity contribution < 1.29 is 8.42 Å². The van der Waals surface area contributed by atoms with Gasteiger partial charge in [-0.15, -0.1) is 0 Å². The molecule has 0 aromatic rings. The Balaban J connectivity index is 1.59. The molecule has 0 bridgehead atoms. The van der Waals surface area contributed by atoms with Crippen LogP contribution in [0, 0.1) is 0 Å². The Kier molecular flexibility index (Phi) is 4.82. The maximum atomic E-state index is 11.3. The van der Waals surface area contributed by atoms with Crippen LogP contribution in [0.2, 0.25) is 0 Å². The highest BCUT2D eigenvalue weighted by Gasteiger charge is 2.23. The van der Waals surface area contributed by atoms with Gasteiger partial charge in [0.1, 0.15) is 9.84 Å². The molecule has 0 radical (unpaired) electrons. The normalized spacial score (nSPS) is 27.1. The van der Waals surface area contributed by atoms with E-state index in [0.717, 1.165) is 25.9 Å². The number of nitrogens with zero attached hydrogens (tertiary/aromatic N) is 1. The molecule has 2 aliphatic heterocycles. The Morgan fingerprint density at radius 2 is 1.71 bits per heavy atom. The number of sulfone groups is 1. The summed E-state index contributed by atoms with van der Waals surface area (Å²) < 4.78 is 22.6. The van der Waals surface area contributed by atoms with Gasteiger partial charge in [0.25, 0.3) is 0 Å². The average molecular weight is 260 g/mol. The van der Waals surface area contributed by atoms with Crippen molar-refractivity contribution >= 4 is 9.84 Å². The van der Waals surface area contributed by atoms with Crippen molar-refractivity contribution in [3.8, 4) is 0 Å². The molecular formula is C12H24N2O2S. The first-order chi connectivity index (χ1) is 8.16. The van der Waals surface area contributed by atoms with Crippen LogP contribution in [0.15, 0.2) is 0 Å². The second kappa shape index (κ2) is 6.16. The van der Waals surface area contributed by atoms with E-state index in [9.17, 15) is 8.42 Å².